The van der Waals surface area contributed by atoms with E-state index < -0.39 is 64.5 Å². The maximum Gasteiger partial charge on any atom is 0.433 e. The number of aromatic nitrogens is 2. The lowest BCUT2D eigenvalue weighted by Gasteiger charge is -2.20. The standard InChI is InChI=1S/C21H24F3N3O6/c1-20(2,3)33-13(28)9-25-18(30)14-15(29)11-8-10(12-6-5-7-32-12)16(21(22,23)24)26-17(11)27(4)19(14)31/h8,12,29H,5-7,9H2,1-4H3,(H,25,30)/t12-/m0/s1. The molecule has 0 saturated carbocycles. The van der Waals surface area contributed by atoms with Crippen molar-refractivity contribution in [2.75, 3.05) is 13.2 Å². The molecule has 0 bridgehead atoms. The molecule has 0 unspecified atom stereocenters. The van der Waals surface area contributed by atoms with Crippen LogP contribution in [0.1, 0.15) is 61.3 Å². The van der Waals surface area contributed by atoms with Crippen LogP contribution in [0, 0.1) is 0 Å². The average Bonchev–Trinajstić information content (AvgIpc) is 3.22. The third-order valence-electron chi connectivity index (χ3n) is 4.95. The van der Waals surface area contributed by atoms with Crippen LogP contribution in [0.15, 0.2) is 10.9 Å². The van der Waals surface area contributed by atoms with Crippen molar-refractivity contribution in [3.05, 3.63) is 33.2 Å². The van der Waals surface area contributed by atoms with Crippen LogP contribution < -0.4 is 10.9 Å². The van der Waals surface area contributed by atoms with E-state index in [-0.39, 0.29) is 17.6 Å². The topological polar surface area (TPSA) is 120 Å². The van der Waals surface area contributed by atoms with Gasteiger partial charge in [-0.2, -0.15) is 13.2 Å². The third-order valence-corrected chi connectivity index (χ3v) is 4.95. The maximum absolute atomic E-state index is 13.7. The number of hydrogen-bond acceptors (Lipinski definition) is 7. The Morgan fingerprint density at radius 3 is 2.55 bits per heavy atom. The molecule has 180 valence electrons. The number of pyridine rings is 2. The van der Waals surface area contributed by atoms with E-state index >= 15 is 0 Å². The Morgan fingerprint density at radius 2 is 2.00 bits per heavy atom. The van der Waals surface area contributed by atoms with Gasteiger partial charge >= 0.3 is 12.1 Å². The summed E-state index contributed by atoms with van der Waals surface area (Å²) in [4.78, 5) is 40.8. The molecule has 9 nitrogen and oxygen atoms in total. The second-order valence-electron chi connectivity index (χ2n) is 8.65. The summed E-state index contributed by atoms with van der Waals surface area (Å²) in [6.07, 6.45) is -4.84. The number of nitrogens with zero attached hydrogens (tertiary/aromatic N) is 2. The molecule has 1 fully saturated rings. The summed E-state index contributed by atoms with van der Waals surface area (Å²) in [6.45, 7) is 4.59. The molecule has 0 aliphatic carbocycles. The van der Waals surface area contributed by atoms with Gasteiger partial charge in [0.05, 0.1) is 11.5 Å². The fourth-order valence-corrected chi connectivity index (χ4v) is 3.57. The fraction of sp³-hybridized carbons (Fsp3) is 0.524. The van der Waals surface area contributed by atoms with Gasteiger partial charge in [-0.05, 0) is 39.7 Å². The Kier molecular flexibility index (Phi) is 6.42. The number of carbonyl (C=O) groups excluding carboxylic acids is 2. The number of nitrogens with one attached hydrogen (secondary N) is 1. The van der Waals surface area contributed by atoms with Gasteiger partial charge in [0, 0.05) is 19.2 Å². The molecule has 12 heteroatoms. The van der Waals surface area contributed by atoms with Crippen molar-refractivity contribution >= 4 is 22.9 Å². The minimum Gasteiger partial charge on any atom is -0.506 e. The fourth-order valence-electron chi connectivity index (χ4n) is 3.57. The van der Waals surface area contributed by atoms with E-state index in [1.165, 1.54) is 0 Å². The number of aromatic hydroxyl groups is 1. The molecule has 1 atom stereocenters. The number of esters is 1. The van der Waals surface area contributed by atoms with E-state index in [1.54, 1.807) is 20.8 Å². The van der Waals surface area contributed by atoms with Crippen LogP contribution in [0.3, 0.4) is 0 Å². The highest BCUT2D eigenvalue weighted by molar-refractivity contribution is 6.02. The monoisotopic (exact) mass is 471 g/mol. The van der Waals surface area contributed by atoms with Gasteiger partial charge in [0.15, 0.2) is 5.69 Å². The van der Waals surface area contributed by atoms with Crippen molar-refractivity contribution in [1.29, 1.82) is 0 Å². The minimum absolute atomic E-state index is 0.224. The number of carbonyl (C=O) groups is 2. The summed E-state index contributed by atoms with van der Waals surface area (Å²) in [7, 11) is 1.13. The number of fused-ring (bicyclic) bond motifs is 1. The first-order chi connectivity index (χ1) is 15.2. The van der Waals surface area contributed by atoms with Crippen LogP contribution in [0.5, 0.6) is 5.75 Å². The number of rotatable bonds is 4. The molecule has 2 aromatic heterocycles. The summed E-state index contributed by atoms with van der Waals surface area (Å²) >= 11 is 0. The minimum atomic E-state index is -4.83. The van der Waals surface area contributed by atoms with Crippen LogP contribution >= 0.6 is 0 Å². The highest BCUT2D eigenvalue weighted by Gasteiger charge is 2.39. The number of alkyl halides is 3. The van der Waals surface area contributed by atoms with Gasteiger partial charge in [-0.1, -0.05) is 0 Å². The molecular weight excluding hydrogens is 447 g/mol. The normalized spacial score (nSPS) is 16.8. The quantitative estimate of drug-likeness (QED) is 0.658. The van der Waals surface area contributed by atoms with Crippen LogP contribution in [-0.4, -0.2) is 45.3 Å². The van der Waals surface area contributed by atoms with Gasteiger partial charge in [0.1, 0.15) is 29.1 Å². The molecule has 1 aliphatic heterocycles. The predicted molar refractivity (Wildman–Crippen MR) is 110 cm³/mol. The smallest absolute Gasteiger partial charge is 0.433 e. The SMILES string of the molecule is Cn1c(=O)c(C(=O)NCC(=O)OC(C)(C)C)c(O)c2cc([C@@H]3CCCO3)c(C(F)(F)F)nc21. The lowest BCUT2D eigenvalue weighted by atomic mass is 10.0. The van der Waals surface area contributed by atoms with E-state index in [0.29, 0.717) is 12.8 Å². The Balaban J connectivity index is 2.08. The van der Waals surface area contributed by atoms with Gasteiger partial charge < -0.3 is 19.9 Å². The van der Waals surface area contributed by atoms with Crippen LogP contribution in [-0.2, 0) is 27.5 Å². The third kappa shape index (κ3) is 5.10. The molecule has 33 heavy (non-hydrogen) atoms. The lowest BCUT2D eigenvalue weighted by Crippen LogP contribution is -2.38. The number of aryl methyl sites for hydroxylation is 1. The van der Waals surface area contributed by atoms with E-state index in [1.807, 2.05) is 0 Å². The lowest BCUT2D eigenvalue weighted by molar-refractivity contribution is -0.153. The van der Waals surface area contributed by atoms with Crippen molar-refractivity contribution in [1.82, 2.24) is 14.9 Å². The van der Waals surface area contributed by atoms with Gasteiger partial charge in [-0.15, -0.1) is 0 Å². The Bertz CT molecular complexity index is 1160. The second-order valence-corrected chi connectivity index (χ2v) is 8.65. The molecule has 3 heterocycles. The number of amides is 1. The van der Waals surface area contributed by atoms with Crippen molar-refractivity contribution in [3.63, 3.8) is 0 Å². The predicted octanol–water partition coefficient (Wildman–Crippen LogP) is 2.58. The summed E-state index contributed by atoms with van der Waals surface area (Å²) in [5.41, 5.74) is -4.57. The number of halogens is 3. The van der Waals surface area contributed by atoms with Crippen LogP contribution in [0.4, 0.5) is 13.2 Å². The molecular formula is C21H24F3N3O6. The van der Waals surface area contributed by atoms with Crippen molar-refractivity contribution in [2.24, 2.45) is 7.05 Å². The van der Waals surface area contributed by atoms with E-state index in [2.05, 4.69) is 10.3 Å². The number of ether oxygens (including phenoxy) is 2. The van der Waals surface area contributed by atoms with Crippen molar-refractivity contribution in [3.8, 4) is 5.75 Å². The first kappa shape index (κ1) is 24.5. The first-order valence-electron chi connectivity index (χ1n) is 10.2. The molecule has 1 aliphatic rings. The van der Waals surface area contributed by atoms with Gasteiger partial charge in [0.25, 0.3) is 11.5 Å². The summed E-state index contributed by atoms with van der Waals surface area (Å²) in [5.74, 6) is -2.69. The van der Waals surface area contributed by atoms with Gasteiger partial charge in [0.2, 0.25) is 0 Å². The number of hydrogen-bond donors (Lipinski definition) is 2. The zero-order valence-electron chi connectivity index (χ0n) is 18.5. The van der Waals surface area contributed by atoms with E-state index in [4.69, 9.17) is 9.47 Å². The second kappa shape index (κ2) is 8.65. The molecule has 1 amide bonds. The largest absolute Gasteiger partial charge is 0.506 e. The molecule has 2 N–H and O–H groups in total. The molecule has 0 aromatic carbocycles. The van der Waals surface area contributed by atoms with Crippen molar-refractivity contribution in [2.45, 2.75) is 51.5 Å². The molecule has 1 saturated heterocycles. The molecule has 3 rings (SSSR count). The Morgan fingerprint density at radius 1 is 1.33 bits per heavy atom. The average molecular weight is 471 g/mol. The highest BCUT2D eigenvalue weighted by Crippen LogP contribution is 2.40. The summed E-state index contributed by atoms with van der Waals surface area (Å²) < 4.78 is 52.3. The molecule has 0 spiro atoms. The Labute approximate surface area is 186 Å². The van der Waals surface area contributed by atoms with E-state index in [0.717, 1.165) is 17.7 Å². The first-order valence-corrected chi connectivity index (χ1v) is 10.2. The summed E-state index contributed by atoms with van der Waals surface area (Å²) in [6, 6.07) is 1.04. The van der Waals surface area contributed by atoms with E-state index in [9.17, 15) is 32.7 Å². The summed E-state index contributed by atoms with van der Waals surface area (Å²) in [5, 5.41) is 12.6. The Hall–Kier alpha value is -3.15. The van der Waals surface area contributed by atoms with Crippen LogP contribution in [0.25, 0.3) is 11.0 Å². The van der Waals surface area contributed by atoms with Crippen molar-refractivity contribution < 1.29 is 37.3 Å². The molecule has 0 radical (unpaired) electrons. The zero-order chi connectivity index (χ0) is 24.7. The van der Waals surface area contributed by atoms with Gasteiger partial charge in [-0.25, -0.2) is 4.98 Å². The van der Waals surface area contributed by atoms with Crippen LogP contribution in [0.2, 0.25) is 0 Å². The highest BCUT2D eigenvalue weighted by atomic mass is 19.4. The maximum atomic E-state index is 13.7. The zero-order valence-corrected chi connectivity index (χ0v) is 18.5. The van der Waals surface area contributed by atoms with Gasteiger partial charge in [-0.3, -0.25) is 19.0 Å². The molecule has 2 aromatic rings.